The van der Waals surface area contributed by atoms with E-state index in [1.165, 1.54) is 12.1 Å². The van der Waals surface area contributed by atoms with Crippen LogP contribution < -0.4 is 0 Å². The third kappa shape index (κ3) is 5.57. The summed E-state index contributed by atoms with van der Waals surface area (Å²) in [7, 11) is 0. The van der Waals surface area contributed by atoms with Crippen LogP contribution in [0, 0.1) is 20.8 Å². The zero-order valence-corrected chi connectivity index (χ0v) is 11.7. The van der Waals surface area contributed by atoms with Crippen LogP contribution in [0.3, 0.4) is 0 Å². The number of hydrogen-bond donors (Lipinski definition) is 3. The summed E-state index contributed by atoms with van der Waals surface area (Å²) in [5.41, 5.74) is 2.80. The summed E-state index contributed by atoms with van der Waals surface area (Å²) in [4.78, 5) is 10.4. The first-order valence-electron chi connectivity index (χ1n) is 6.10. The second kappa shape index (κ2) is 7.94. The van der Waals surface area contributed by atoms with Gasteiger partial charge in [0.05, 0.1) is 0 Å². The van der Waals surface area contributed by atoms with Gasteiger partial charge in [-0.05, 0) is 50.1 Å². The molecule has 4 heteroatoms. The fraction of sp³-hybridized carbons (Fsp3) is 0.235. The highest BCUT2D eigenvalue weighted by atomic mass is 16.4. The highest BCUT2D eigenvalue weighted by Crippen LogP contribution is 2.17. The zero-order chi connectivity index (χ0) is 15.3. The lowest BCUT2D eigenvalue weighted by Gasteiger charge is -1.98. The highest BCUT2D eigenvalue weighted by Gasteiger charge is 2.07. The van der Waals surface area contributed by atoms with Crippen molar-refractivity contribution in [2.45, 2.75) is 28.2 Å². The standard InChI is InChI=1S/C8H8O3.C8H10O.CH4/c1-5-2-3-7(9)6(4-5)8(10)11;1-6-3-4-7(2)8(9)5-6;/h2-4,9H,1H3,(H,10,11);3-5,9H,1-2H3;1H4. The van der Waals surface area contributed by atoms with Crippen molar-refractivity contribution in [3.05, 3.63) is 58.7 Å². The van der Waals surface area contributed by atoms with E-state index in [1.54, 1.807) is 19.1 Å². The largest absolute Gasteiger partial charge is 0.508 e. The summed E-state index contributed by atoms with van der Waals surface area (Å²) in [6, 6.07) is 10.1. The number of carboxylic acids is 1. The van der Waals surface area contributed by atoms with E-state index in [1.807, 2.05) is 26.0 Å². The van der Waals surface area contributed by atoms with Gasteiger partial charge in [0.1, 0.15) is 17.1 Å². The molecule has 0 aliphatic carbocycles. The van der Waals surface area contributed by atoms with E-state index >= 15 is 0 Å². The number of aromatic hydroxyl groups is 2. The molecule has 2 aromatic carbocycles. The van der Waals surface area contributed by atoms with Crippen LogP contribution in [0.5, 0.6) is 11.5 Å². The van der Waals surface area contributed by atoms with Gasteiger partial charge in [0.15, 0.2) is 0 Å². The van der Waals surface area contributed by atoms with Crippen molar-refractivity contribution in [3.63, 3.8) is 0 Å². The Morgan fingerprint density at radius 1 is 0.857 bits per heavy atom. The average molecular weight is 290 g/mol. The molecule has 2 aromatic rings. The maximum Gasteiger partial charge on any atom is 0.339 e. The van der Waals surface area contributed by atoms with E-state index in [-0.39, 0.29) is 18.7 Å². The topological polar surface area (TPSA) is 77.8 Å². The number of phenolic OH excluding ortho intramolecular Hbond substituents is 1. The molecule has 0 aromatic heterocycles. The van der Waals surface area contributed by atoms with Gasteiger partial charge < -0.3 is 15.3 Å². The predicted molar refractivity (Wildman–Crippen MR) is 84.1 cm³/mol. The third-order valence-corrected chi connectivity index (χ3v) is 2.75. The van der Waals surface area contributed by atoms with Gasteiger partial charge in [0.2, 0.25) is 0 Å². The molecule has 0 saturated carbocycles. The van der Waals surface area contributed by atoms with Gasteiger partial charge in [-0.25, -0.2) is 4.79 Å². The summed E-state index contributed by atoms with van der Waals surface area (Å²) in [5, 5.41) is 26.7. The molecule has 0 fully saturated rings. The average Bonchev–Trinajstić information content (AvgIpc) is 2.38. The minimum absolute atomic E-state index is 0. The smallest absolute Gasteiger partial charge is 0.339 e. The van der Waals surface area contributed by atoms with E-state index in [0.717, 1.165) is 16.7 Å². The summed E-state index contributed by atoms with van der Waals surface area (Å²) < 4.78 is 0. The van der Waals surface area contributed by atoms with Crippen LogP contribution in [-0.4, -0.2) is 21.3 Å². The fourth-order valence-electron chi connectivity index (χ4n) is 1.54. The van der Waals surface area contributed by atoms with E-state index in [4.69, 9.17) is 15.3 Å². The first kappa shape index (κ1) is 18.5. The number of aryl methyl sites for hydroxylation is 3. The summed E-state index contributed by atoms with van der Waals surface area (Å²) >= 11 is 0. The normalized spacial score (nSPS) is 9.10. The number of phenols is 2. The lowest BCUT2D eigenvalue weighted by atomic mass is 10.1. The van der Waals surface area contributed by atoms with Crippen molar-refractivity contribution in [2.24, 2.45) is 0 Å². The first-order chi connectivity index (χ1) is 9.31. The molecule has 0 aliphatic rings. The Balaban J connectivity index is 0.000000370. The molecule has 0 heterocycles. The third-order valence-electron chi connectivity index (χ3n) is 2.75. The maximum atomic E-state index is 10.4. The van der Waals surface area contributed by atoms with Gasteiger partial charge in [0.25, 0.3) is 0 Å². The molecule has 0 amide bonds. The van der Waals surface area contributed by atoms with E-state index in [9.17, 15) is 4.79 Å². The zero-order valence-electron chi connectivity index (χ0n) is 11.7. The molecular weight excluding hydrogens is 268 g/mol. The van der Waals surface area contributed by atoms with Gasteiger partial charge in [-0.15, -0.1) is 0 Å². The molecule has 3 N–H and O–H groups in total. The van der Waals surface area contributed by atoms with Crippen LogP contribution in [0.4, 0.5) is 0 Å². The highest BCUT2D eigenvalue weighted by molar-refractivity contribution is 5.90. The lowest BCUT2D eigenvalue weighted by molar-refractivity contribution is 0.0693. The molecule has 114 valence electrons. The monoisotopic (exact) mass is 290 g/mol. The van der Waals surface area contributed by atoms with Crippen molar-refractivity contribution in [1.29, 1.82) is 0 Å². The number of benzene rings is 2. The summed E-state index contributed by atoms with van der Waals surface area (Å²) in [6.07, 6.45) is 0. The van der Waals surface area contributed by atoms with Crippen LogP contribution in [-0.2, 0) is 0 Å². The van der Waals surface area contributed by atoms with Gasteiger partial charge in [0, 0.05) is 0 Å². The number of hydrogen-bond acceptors (Lipinski definition) is 3. The Kier molecular flexibility index (Phi) is 7.00. The molecule has 0 spiro atoms. The Morgan fingerprint density at radius 2 is 1.38 bits per heavy atom. The predicted octanol–water partition coefficient (Wildman–Crippen LogP) is 4.04. The molecule has 4 nitrogen and oxygen atoms in total. The second-order valence-corrected chi connectivity index (χ2v) is 4.62. The Bertz CT molecular complexity index is 618. The van der Waals surface area contributed by atoms with Crippen molar-refractivity contribution >= 4 is 5.97 Å². The Hall–Kier alpha value is -2.49. The number of aromatic carboxylic acids is 1. The van der Waals surface area contributed by atoms with Crippen molar-refractivity contribution < 1.29 is 20.1 Å². The lowest BCUT2D eigenvalue weighted by Crippen LogP contribution is -1.96. The van der Waals surface area contributed by atoms with E-state index < -0.39 is 5.97 Å². The number of rotatable bonds is 1. The number of carbonyl (C=O) groups is 1. The van der Waals surface area contributed by atoms with Crippen molar-refractivity contribution in [1.82, 2.24) is 0 Å². The minimum Gasteiger partial charge on any atom is -0.508 e. The van der Waals surface area contributed by atoms with Gasteiger partial charge in [-0.2, -0.15) is 0 Å². The summed E-state index contributed by atoms with van der Waals surface area (Å²) in [5.74, 6) is -0.913. The fourth-order valence-corrected chi connectivity index (χ4v) is 1.54. The van der Waals surface area contributed by atoms with Gasteiger partial charge in [-0.1, -0.05) is 31.2 Å². The van der Waals surface area contributed by atoms with E-state index in [0.29, 0.717) is 5.75 Å². The van der Waals surface area contributed by atoms with Crippen LogP contribution in [0.25, 0.3) is 0 Å². The number of carboxylic acid groups (broad SMARTS) is 1. The van der Waals surface area contributed by atoms with Crippen LogP contribution in [0.15, 0.2) is 36.4 Å². The molecule has 0 saturated heterocycles. The molecule has 0 bridgehead atoms. The molecule has 0 unspecified atom stereocenters. The molecule has 2 rings (SSSR count). The van der Waals surface area contributed by atoms with Crippen LogP contribution >= 0.6 is 0 Å². The van der Waals surface area contributed by atoms with Gasteiger partial charge in [-0.3, -0.25) is 0 Å². The molecule has 21 heavy (non-hydrogen) atoms. The Morgan fingerprint density at radius 3 is 1.81 bits per heavy atom. The maximum absolute atomic E-state index is 10.4. The van der Waals surface area contributed by atoms with Gasteiger partial charge >= 0.3 is 5.97 Å². The summed E-state index contributed by atoms with van der Waals surface area (Å²) in [6.45, 7) is 5.61. The van der Waals surface area contributed by atoms with Crippen LogP contribution in [0.1, 0.15) is 34.5 Å². The van der Waals surface area contributed by atoms with Crippen LogP contribution in [0.2, 0.25) is 0 Å². The first-order valence-corrected chi connectivity index (χ1v) is 6.10. The molecule has 0 aliphatic heterocycles. The Labute approximate surface area is 125 Å². The van der Waals surface area contributed by atoms with Crippen molar-refractivity contribution in [2.75, 3.05) is 0 Å². The molecular formula is C17H22O4. The second-order valence-electron chi connectivity index (χ2n) is 4.62. The minimum atomic E-state index is -1.11. The SMILES string of the molecule is C.Cc1ccc(C)c(O)c1.Cc1ccc(O)c(C(=O)O)c1. The quantitative estimate of drug-likeness (QED) is 0.740. The van der Waals surface area contributed by atoms with E-state index in [2.05, 4.69) is 0 Å². The molecule has 0 atom stereocenters. The molecule has 0 radical (unpaired) electrons. The van der Waals surface area contributed by atoms with Crippen molar-refractivity contribution in [3.8, 4) is 11.5 Å².